The third-order valence-electron chi connectivity index (χ3n) is 2.40. The summed E-state index contributed by atoms with van der Waals surface area (Å²) in [5, 5.41) is 2.56. The molecule has 5 heteroatoms. The summed E-state index contributed by atoms with van der Waals surface area (Å²) < 4.78 is 0. The molecule has 0 aromatic carbocycles. The lowest BCUT2D eigenvalue weighted by Gasteiger charge is -2.15. The minimum Gasteiger partial charge on any atom is -0.324 e. The van der Waals surface area contributed by atoms with E-state index in [4.69, 9.17) is 0 Å². The lowest BCUT2D eigenvalue weighted by Crippen LogP contribution is -2.28. The fraction of sp³-hybridized carbons (Fsp3) is 0.167. The molecule has 1 amide bonds. The SMILES string of the molecule is CCC(=O)NC1=CC(=O)C(=O)c2cccnc21. The number of fused-ring (bicyclic) bond motifs is 1. The van der Waals surface area contributed by atoms with Gasteiger partial charge in [-0.25, -0.2) is 0 Å². The third kappa shape index (κ3) is 1.99. The summed E-state index contributed by atoms with van der Waals surface area (Å²) in [5.74, 6) is -1.46. The Morgan fingerprint density at radius 2 is 2.18 bits per heavy atom. The van der Waals surface area contributed by atoms with Gasteiger partial charge in [0.15, 0.2) is 0 Å². The molecule has 1 heterocycles. The van der Waals surface area contributed by atoms with Crippen LogP contribution in [0.3, 0.4) is 0 Å². The molecular weight excluding hydrogens is 220 g/mol. The van der Waals surface area contributed by atoms with Crippen LogP contribution in [0.4, 0.5) is 0 Å². The van der Waals surface area contributed by atoms with Gasteiger partial charge >= 0.3 is 0 Å². The van der Waals surface area contributed by atoms with Gasteiger partial charge in [0.05, 0.1) is 17.0 Å². The molecule has 17 heavy (non-hydrogen) atoms. The van der Waals surface area contributed by atoms with Gasteiger partial charge in [-0.3, -0.25) is 19.4 Å². The molecule has 0 saturated carbocycles. The highest BCUT2D eigenvalue weighted by Crippen LogP contribution is 2.20. The van der Waals surface area contributed by atoms with Crippen molar-refractivity contribution < 1.29 is 14.4 Å². The van der Waals surface area contributed by atoms with Crippen molar-refractivity contribution in [3.05, 3.63) is 35.7 Å². The Bertz CT molecular complexity index is 546. The van der Waals surface area contributed by atoms with Crippen LogP contribution in [0.15, 0.2) is 24.4 Å². The number of pyridine rings is 1. The summed E-state index contributed by atoms with van der Waals surface area (Å²) in [7, 11) is 0. The molecule has 1 aliphatic carbocycles. The Labute approximate surface area is 97.5 Å². The summed E-state index contributed by atoms with van der Waals surface area (Å²) in [6, 6.07) is 3.10. The van der Waals surface area contributed by atoms with Gasteiger partial charge in [0.1, 0.15) is 0 Å². The van der Waals surface area contributed by atoms with Crippen LogP contribution in [0.1, 0.15) is 29.4 Å². The van der Waals surface area contributed by atoms with Crippen LogP contribution < -0.4 is 5.32 Å². The van der Waals surface area contributed by atoms with E-state index in [1.165, 1.54) is 12.3 Å². The Kier molecular flexibility index (Phi) is 2.82. The molecule has 0 radical (unpaired) electrons. The minimum absolute atomic E-state index is 0.227. The fourth-order valence-electron chi connectivity index (χ4n) is 1.53. The Morgan fingerprint density at radius 3 is 2.88 bits per heavy atom. The summed E-state index contributed by atoms with van der Waals surface area (Å²) in [6.45, 7) is 1.70. The normalized spacial score (nSPS) is 14.1. The van der Waals surface area contributed by atoms with E-state index in [0.717, 1.165) is 6.08 Å². The summed E-state index contributed by atoms with van der Waals surface area (Å²) >= 11 is 0. The lowest BCUT2D eigenvalue weighted by atomic mass is 9.97. The molecule has 0 aliphatic heterocycles. The van der Waals surface area contributed by atoms with Gasteiger partial charge in [0.2, 0.25) is 17.5 Å². The van der Waals surface area contributed by atoms with Crippen molar-refractivity contribution in [1.29, 1.82) is 0 Å². The maximum Gasteiger partial charge on any atom is 0.235 e. The highest BCUT2D eigenvalue weighted by molar-refractivity contribution is 6.50. The van der Waals surface area contributed by atoms with Gasteiger partial charge in [0, 0.05) is 18.7 Å². The van der Waals surface area contributed by atoms with Crippen LogP contribution in [0.25, 0.3) is 5.70 Å². The Balaban J connectivity index is 2.46. The number of allylic oxidation sites excluding steroid dienone is 1. The Hall–Kier alpha value is -2.30. The average Bonchev–Trinajstić information content (AvgIpc) is 2.35. The van der Waals surface area contributed by atoms with Gasteiger partial charge in [0.25, 0.3) is 0 Å². The molecule has 5 nitrogen and oxygen atoms in total. The number of nitrogens with zero attached hydrogens (tertiary/aromatic N) is 1. The second kappa shape index (κ2) is 4.29. The molecule has 86 valence electrons. The van der Waals surface area contributed by atoms with Crippen molar-refractivity contribution in [1.82, 2.24) is 10.3 Å². The van der Waals surface area contributed by atoms with E-state index in [1.54, 1.807) is 13.0 Å². The first kappa shape index (κ1) is 11.2. The van der Waals surface area contributed by atoms with Crippen molar-refractivity contribution in [3.63, 3.8) is 0 Å². The predicted octanol–water partition coefficient (Wildman–Crippen LogP) is 0.714. The average molecular weight is 230 g/mol. The zero-order chi connectivity index (χ0) is 12.4. The largest absolute Gasteiger partial charge is 0.324 e. The number of rotatable bonds is 2. The zero-order valence-corrected chi connectivity index (χ0v) is 9.19. The van der Waals surface area contributed by atoms with Gasteiger partial charge in [-0.2, -0.15) is 0 Å². The number of hydrogen-bond acceptors (Lipinski definition) is 4. The molecule has 1 aromatic rings. The number of carbonyl (C=O) groups is 3. The van der Waals surface area contributed by atoms with Gasteiger partial charge in [-0.1, -0.05) is 6.92 Å². The molecule has 1 aromatic heterocycles. The molecule has 2 rings (SSSR count). The smallest absolute Gasteiger partial charge is 0.235 e. The van der Waals surface area contributed by atoms with Crippen LogP contribution in [-0.4, -0.2) is 22.5 Å². The van der Waals surface area contributed by atoms with E-state index in [-0.39, 0.29) is 17.2 Å². The van der Waals surface area contributed by atoms with Crippen LogP contribution >= 0.6 is 0 Å². The number of Topliss-reactive ketones (excluding diaryl/α,β-unsaturated/α-hetero) is 1. The quantitative estimate of drug-likeness (QED) is 0.759. The van der Waals surface area contributed by atoms with E-state index in [1.807, 2.05) is 0 Å². The van der Waals surface area contributed by atoms with Crippen molar-refractivity contribution in [2.75, 3.05) is 0 Å². The second-order valence-corrected chi connectivity index (χ2v) is 3.55. The van der Waals surface area contributed by atoms with Gasteiger partial charge in [-0.05, 0) is 12.1 Å². The van der Waals surface area contributed by atoms with E-state index in [0.29, 0.717) is 12.1 Å². The first-order valence-electron chi connectivity index (χ1n) is 5.19. The zero-order valence-electron chi connectivity index (χ0n) is 9.19. The van der Waals surface area contributed by atoms with Crippen molar-refractivity contribution in [3.8, 4) is 0 Å². The van der Waals surface area contributed by atoms with Crippen LogP contribution in [0.5, 0.6) is 0 Å². The third-order valence-corrected chi connectivity index (χ3v) is 2.40. The number of amides is 1. The standard InChI is InChI=1S/C12H10N2O3/c1-2-10(16)14-8-6-9(15)12(17)7-4-3-5-13-11(7)8/h3-6H,2H2,1H3,(H,14,16). The molecular formula is C12H10N2O3. The van der Waals surface area contributed by atoms with Crippen LogP contribution in [0, 0.1) is 0 Å². The maximum atomic E-state index is 11.6. The molecule has 0 unspecified atom stereocenters. The van der Waals surface area contributed by atoms with Crippen LogP contribution in [-0.2, 0) is 9.59 Å². The summed E-state index contributed by atoms with van der Waals surface area (Å²) in [4.78, 5) is 38.3. The molecule has 0 fully saturated rings. The van der Waals surface area contributed by atoms with E-state index in [2.05, 4.69) is 10.3 Å². The number of aromatic nitrogens is 1. The number of nitrogens with one attached hydrogen (secondary N) is 1. The monoisotopic (exact) mass is 230 g/mol. The second-order valence-electron chi connectivity index (χ2n) is 3.55. The minimum atomic E-state index is -0.642. The molecule has 1 N–H and O–H groups in total. The van der Waals surface area contributed by atoms with Crippen molar-refractivity contribution >= 4 is 23.2 Å². The van der Waals surface area contributed by atoms with Crippen LogP contribution in [0.2, 0.25) is 0 Å². The highest BCUT2D eigenvalue weighted by atomic mass is 16.2. The fourth-order valence-corrected chi connectivity index (χ4v) is 1.53. The van der Waals surface area contributed by atoms with E-state index < -0.39 is 11.6 Å². The number of ketones is 2. The molecule has 0 spiro atoms. The number of carbonyl (C=O) groups excluding carboxylic acids is 3. The van der Waals surface area contributed by atoms with Crippen molar-refractivity contribution in [2.45, 2.75) is 13.3 Å². The maximum absolute atomic E-state index is 11.6. The molecule has 1 aliphatic rings. The molecule has 0 bridgehead atoms. The molecule has 0 atom stereocenters. The Morgan fingerprint density at radius 1 is 1.41 bits per heavy atom. The topological polar surface area (TPSA) is 76.1 Å². The van der Waals surface area contributed by atoms with E-state index in [9.17, 15) is 14.4 Å². The van der Waals surface area contributed by atoms with Gasteiger partial charge in [-0.15, -0.1) is 0 Å². The summed E-state index contributed by atoms with van der Waals surface area (Å²) in [6.07, 6.45) is 2.92. The predicted molar refractivity (Wildman–Crippen MR) is 60.0 cm³/mol. The lowest BCUT2D eigenvalue weighted by molar-refractivity contribution is -0.119. The number of hydrogen-bond donors (Lipinski definition) is 1. The highest BCUT2D eigenvalue weighted by Gasteiger charge is 2.27. The summed E-state index contributed by atoms with van der Waals surface area (Å²) in [5.41, 5.74) is 0.863. The van der Waals surface area contributed by atoms with E-state index >= 15 is 0 Å². The first-order chi connectivity index (χ1) is 8.13. The molecule has 0 saturated heterocycles. The van der Waals surface area contributed by atoms with Crippen molar-refractivity contribution in [2.24, 2.45) is 0 Å². The first-order valence-corrected chi connectivity index (χ1v) is 5.19. The van der Waals surface area contributed by atoms with Gasteiger partial charge < -0.3 is 5.32 Å².